The van der Waals surface area contributed by atoms with E-state index in [0.29, 0.717) is 13.2 Å². The van der Waals surface area contributed by atoms with E-state index in [-0.39, 0.29) is 0 Å². The highest BCUT2D eigenvalue weighted by Gasteiger charge is 1.88. The van der Waals surface area contributed by atoms with Crippen molar-refractivity contribution in [3.05, 3.63) is 60.2 Å². The molecule has 0 spiro atoms. The van der Waals surface area contributed by atoms with E-state index in [1.807, 2.05) is 30.3 Å². The lowest BCUT2D eigenvalue weighted by molar-refractivity contribution is -0.131. The number of allylic oxidation sites excluding steroid dienone is 2. The van der Waals surface area contributed by atoms with Gasteiger partial charge in [0.2, 0.25) is 0 Å². The summed E-state index contributed by atoms with van der Waals surface area (Å²) < 4.78 is 5.36. The first-order valence-electron chi connectivity index (χ1n) is 4.97. The van der Waals surface area contributed by atoms with Crippen LogP contribution in [-0.2, 0) is 16.1 Å². The Labute approximate surface area is 94.7 Å². The molecule has 1 N–H and O–H groups in total. The first-order valence-corrected chi connectivity index (χ1v) is 4.97. The van der Waals surface area contributed by atoms with Gasteiger partial charge in [-0.2, -0.15) is 0 Å². The van der Waals surface area contributed by atoms with Gasteiger partial charge in [0.05, 0.1) is 13.2 Å². The van der Waals surface area contributed by atoms with E-state index < -0.39 is 5.97 Å². The Morgan fingerprint density at radius 1 is 1.25 bits per heavy atom. The molecule has 0 saturated carbocycles. The van der Waals surface area contributed by atoms with Gasteiger partial charge in [0.1, 0.15) is 0 Å². The van der Waals surface area contributed by atoms with Crippen LogP contribution < -0.4 is 0 Å². The molecule has 3 heteroatoms. The average Bonchev–Trinajstić information content (AvgIpc) is 2.29. The van der Waals surface area contributed by atoms with Gasteiger partial charge in [-0.05, 0) is 5.56 Å². The molecule has 16 heavy (non-hydrogen) atoms. The fraction of sp³-hybridized carbons (Fsp3) is 0.154. The monoisotopic (exact) mass is 218 g/mol. The zero-order chi connectivity index (χ0) is 11.6. The predicted molar refractivity (Wildman–Crippen MR) is 62.0 cm³/mol. The van der Waals surface area contributed by atoms with Gasteiger partial charge in [0, 0.05) is 6.08 Å². The molecular weight excluding hydrogens is 204 g/mol. The third-order valence-corrected chi connectivity index (χ3v) is 1.81. The van der Waals surface area contributed by atoms with Crippen LogP contribution in [0.15, 0.2) is 54.6 Å². The lowest BCUT2D eigenvalue weighted by Gasteiger charge is -1.99. The van der Waals surface area contributed by atoms with Crippen molar-refractivity contribution in [3.63, 3.8) is 0 Å². The van der Waals surface area contributed by atoms with Gasteiger partial charge in [-0.3, -0.25) is 0 Å². The largest absolute Gasteiger partial charge is 0.478 e. The lowest BCUT2D eigenvalue weighted by atomic mass is 10.2. The van der Waals surface area contributed by atoms with Crippen LogP contribution in [0, 0.1) is 0 Å². The average molecular weight is 218 g/mol. The Morgan fingerprint density at radius 3 is 2.69 bits per heavy atom. The van der Waals surface area contributed by atoms with Crippen molar-refractivity contribution in [3.8, 4) is 0 Å². The predicted octanol–water partition coefficient (Wildman–Crippen LogP) is 2.40. The van der Waals surface area contributed by atoms with Crippen molar-refractivity contribution < 1.29 is 14.6 Å². The Hall–Kier alpha value is -1.87. The van der Waals surface area contributed by atoms with Gasteiger partial charge in [-0.1, -0.05) is 48.6 Å². The Kier molecular flexibility index (Phi) is 5.66. The normalized spacial score (nSPS) is 11.2. The maximum Gasteiger partial charge on any atom is 0.328 e. The van der Waals surface area contributed by atoms with Crippen LogP contribution in [0.25, 0.3) is 0 Å². The summed E-state index contributed by atoms with van der Waals surface area (Å²) in [6, 6.07) is 9.87. The number of carbonyl (C=O) groups is 1. The minimum atomic E-state index is -0.949. The number of aliphatic carboxylic acids is 1. The number of ether oxygens (including phenoxy) is 1. The molecule has 0 bridgehead atoms. The number of carboxylic acid groups (broad SMARTS) is 1. The Balaban J connectivity index is 2.15. The standard InChI is InChI=1S/C13H14O3/c14-13(15)9-5-2-6-10-16-11-12-7-3-1-4-8-12/h1-9H,10-11H2,(H,14,15). The number of hydrogen-bond donors (Lipinski definition) is 1. The second kappa shape index (κ2) is 7.43. The fourth-order valence-electron chi connectivity index (χ4n) is 1.09. The summed E-state index contributed by atoms with van der Waals surface area (Å²) in [5.74, 6) is -0.949. The highest BCUT2D eigenvalue weighted by atomic mass is 16.5. The molecule has 0 radical (unpaired) electrons. The van der Waals surface area contributed by atoms with Crippen LogP contribution in [-0.4, -0.2) is 17.7 Å². The van der Waals surface area contributed by atoms with Gasteiger partial charge in [-0.25, -0.2) is 4.79 Å². The molecule has 0 unspecified atom stereocenters. The smallest absolute Gasteiger partial charge is 0.328 e. The Morgan fingerprint density at radius 2 is 2.00 bits per heavy atom. The quantitative estimate of drug-likeness (QED) is 0.453. The minimum absolute atomic E-state index is 0.471. The van der Waals surface area contributed by atoms with Crippen molar-refractivity contribution in [2.75, 3.05) is 6.61 Å². The van der Waals surface area contributed by atoms with Crippen molar-refractivity contribution in [1.82, 2.24) is 0 Å². The van der Waals surface area contributed by atoms with E-state index in [9.17, 15) is 4.79 Å². The molecule has 1 aromatic rings. The molecule has 0 amide bonds. The van der Waals surface area contributed by atoms with Crippen molar-refractivity contribution >= 4 is 5.97 Å². The first-order chi connectivity index (χ1) is 7.79. The SMILES string of the molecule is O=C(O)C=CC=CCOCc1ccccc1. The van der Waals surface area contributed by atoms with E-state index in [1.54, 1.807) is 12.2 Å². The molecule has 0 heterocycles. The van der Waals surface area contributed by atoms with Crippen molar-refractivity contribution in [1.29, 1.82) is 0 Å². The second-order valence-corrected chi connectivity index (χ2v) is 3.13. The zero-order valence-corrected chi connectivity index (χ0v) is 8.87. The number of rotatable bonds is 6. The summed E-state index contributed by atoms with van der Waals surface area (Å²) in [5.41, 5.74) is 1.12. The summed E-state index contributed by atoms with van der Waals surface area (Å²) in [6.45, 7) is 1.03. The van der Waals surface area contributed by atoms with Crippen LogP contribution in [0.1, 0.15) is 5.56 Å². The third kappa shape index (κ3) is 5.78. The molecule has 0 fully saturated rings. The number of carboxylic acids is 1. The molecule has 3 nitrogen and oxygen atoms in total. The van der Waals surface area contributed by atoms with Gasteiger partial charge in [0.25, 0.3) is 0 Å². The summed E-state index contributed by atoms with van der Waals surface area (Å²) in [4.78, 5) is 10.1. The topological polar surface area (TPSA) is 46.5 Å². The van der Waals surface area contributed by atoms with E-state index in [1.165, 1.54) is 6.08 Å². The molecule has 1 rings (SSSR count). The molecule has 0 atom stereocenters. The van der Waals surface area contributed by atoms with E-state index in [0.717, 1.165) is 11.6 Å². The summed E-state index contributed by atoms with van der Waals surface area (Å²) in [5, 5.41) is 8.31. The van der Waals surface area contributed by atoms with E-state index >= 15 is 0 Å². The third-order valence-electron chi connectivity index (χ3n) is 1.81. The zero-order valence-electron chi connectivity index (χ0n) is 8.87. The molecule has 0 aliphatic heterocycles. The van der Waals surface area contributed by atoms with Crippen molar-refractivity contribution in [2.45, 2.75) is 6.61 Å². The van der Waals surface area contributed by atoms with E-state index in [4.69, 9.17) is 9.84 Å². The summed E-state index contributed by atoms with van der Waals surface area (Å²) >= 11 is 0. The van der Waals surface area contributed by atoms with Gasteiger partial charge in [0.15, 0.2) is 0 Å². The van der Waals surface area contributed by atoms with Crippen LogP contribution in [0.3, 0.4) is 0 Å². The van der Waals surface area contributed by atoms with Crippen LogP contribution in [0.2, 0.25) is 0 Å². The highest BCUT2D eigenvalue weighted by Crippen LogP contribution is 1.99. The summed E-state index contributed by atoms with van der Waals surface area (Å²) in [6.07, 6.45) is 5.96. The van der Waals surface area contributed by atoms with Crippen molar-refractivity contribution in [2.24, 2.45) is 0 Å². The van der Waals surface area contributed by atoms with Gasteiger partial charge < -0.3 is 9.84 Å². The van der Waals surface area contributed by atoms with Gasteiger partial charge >= 0.3 is 5.97 Å². The number of hydrogen-bond acceptors (Lipinski definition) is 2. The van der Waals surface area contributed by atoms with E-state index in [2.05, 4.69) is 0 Å². The maximum absolute atomic E-state index is 10.1. The molecule has 0 aliphatic rings. The lowest BCUT2D eigenvalue weighted by Crippen LogP contribution is -1.91. The highest BCUT2D eigenvalue weighted by molar-refractivity contribution is 5.80. The second-order valence-electron chi connectivity index (χ2n) is 3.13. The van der Waals surface area contributed by atoms with Crippen LogP contribution in [0.4, 0.5) is 0 Å². The molecule has 0 saturated heterocycles. The van der Waals surface area contributed by atoms with Gasteiger partial charge in [-0.15, -0.1) is 0 Å². The first kappa shape index (κ1) is 12.2. The van der Waals surface area contributed by atoms with Crippen LogP contribution >= 0.6 is 0 Å². The van der Waals surface area contributed by atoms with Crippen LogP contribution in [0.5, 0.6) is 0 Å². The number of benzene rings is 1. The molecule has 1 aromatic carbocycles. The molecular formula is C13H14O3. The Bertz CT molecular complexity index is 366. The molecule has 0 aliphatic carbocycles. The molecule has 0 aromatic heterocycles. The maximum atomic E-state index is 10.1. The fourth-order valence-corrected chi connectivity index (χ4v) is 1.09. The minimum Gasteiger partial charge on any atom is -0.478 e. The summed E-state index contributed by atoms with van der Waals surface area (Å²) in [7, 11) is 0. The molecule has 84 valence electrons.